The van der Waals surface area contributed by atoms with Crippen molar-refractivity contribution in [3.63, 3.8) is 0 Å². The van der Waals surface area contributed by atoms with E-state index in [0.717, 1.165) is 55.9 Å². The van der Waals surface area contributed by atoms with Gasteiger partial charge in [0.25, 0.3) is 0 Å². The molecule has 2 atom stereocenters. The lowest BCUT2D eigenvalue weighted by Gasteiger charge is -2.29. The van der Waals surface area contributed by atoms with Gasteiger partial charge in [0.05, 0.1) is 24.4 Å². The monoisotopic (exact) mass is 360 g/mol. The molecule has 1 amide bonds. The molecule has 3 aliphatic heterocycles. The van der Waals surface area contributed by atoms with Gasteiger partial charge in [-0.1, -0.05) is 0 Å². The van der Waals surface area contributed by atoms with E-state index in [0.29, 0.717) is 25.7 Å². The Morgan fingerprint density at radius 2 is 2.27 bits per heavy atom. The zero-order valence-corrected chi connectivity index (χ0v) is 15.5. The van der Waals surface area contributed by atoms with E-state index in [4.69, 9.17) is 14.5 Å². The molecule has 0 spiro atoms. The van der Waals surface area contributed by atoms with E-state index in [1.54, 1.807) is 0 Å². The summed E-state index contributed by atoms with van der Waals surface area (Å²) in [6.07, 6.45) is 7.31. The molecule has 3 aliphatic rings. The van der Waals surface area contributed by atoms with E-state index < -0.39 is 0 Å². The molecule has 7 nitrogen and oxygen atoms in total. The summed E-state index contributed by atoms with van der Waals surface area (Å²) in [5.41, 5.74) is 2.16. The van der Waals surface area contributed by atoms with E-state index in [1.165, 1.54) is 6.42 Å². The molecule has 4 heterocycles. The summed E-state index contributed by atoms with van der Waals surface area (Å²) >= 11 is 0. The second-order valence-electron chi connectivity index (χ2n) is 7.55. The van der Waals surface area contributed by atoms with Crippen molar-refractivity contribution in [1.82, 2.24) is 19.8 Å². The summed E-state index contributed by atoms with van der Waals surface area (Å²) in [6.45, 7) is 3.84. The average molecular weight is 360 g/mol. The lowest BCUT2D eigenvalue weighted by molar-refractivity contribution is -0.138. The number of aromatic nitrogens is 2. The van der Waals surface area contributed by atoms with Gasteiger partial charge in [0.15, 0.2) is 0 Å². The Bertz CT molecular complexity index is 648. The average Bonchev–Trinajstić information content (AvgIpc) is 3.32. The number of amides is 1. The highest BCUT2D eigenvalue weighted by molar-refractivity contribution is 5.77. The van der Waals surface area contributed by atoms with Crippen LogP contribution in [0.5, 0.6) is 0 Å². The maximum Gasteiger partial charge on any atom is 0.248 e. The van der Waals surface area contributed by atoms with Gasteiger partial charge in [-0.25, -0.2) is 9.97 Å². The third-order valence-electron chi connectivity index (χ3n) is 5.68. The van der Waals surface area contributed by atoms with Gasteiger partial charge in [0.1, 0.15) is 12.4 Å². The van der Waals surface area contributed by atoms with Crippen LogP contribution >= 0.6 is 0 Å². The van der Waals surface area contributed by atoms with Crippen molar-refractivity contribution in [2.45, 2.75) is 50.8 Å². The summed E-state index contributed by atoms with van der Waals surface area (Å²) in [6, 6.07) is 0.339. The van der Waals surface area contributed by atoms with Crippen molar-refractivity contribution in [2.24, 2.45) is 0 Å². The van der Waals surface area contributed by atoms with Gasteiger partial charge in [-0.05, 0) is 39.3 Å². The first-order valence-electron chi connectivity index (χ1n) is 9.73. The number of ether oxygens (including phenoxy) is 2. The van der Waals surface area contributed by atoms with Gasteiger partial charge >= 0.3 is 0 Å². The highest BCUT2D eigenvalue weighted by Gasteiger charge is 2.28. The van der Waals surface area contributed by atoms with Crippen molar-refractivity contribution >= 4 is 5.91 Å². The van der Waals surface area contributed by atoms with E-state index in [2.05, 4.69) is 16.9 Å². The van der Waals surface area contributed by atoms with Crippen molar-refractivity contribution in [3.05, 3.63) is 23.3 Å². The van der Waals surface area contributed by atoms with Gasteiger partial charge in [-0.3, -0.25) is 9.69 Å². The van der Waals surface area contributed by atoms with Crippen LogP contribution in [0.4, 0.5) is 0 Å². The van der Waals surface area contributed by atoms with Gasteiger partial charge in [0, 0.05) is 37.9 Å². The fourth-order valence-electron chi connectivity index (χ4n) is 4.09. The third kappa shape index (κ3) is 3.89. The van der Waals surface area contributed by atoms with Crippen molar-refractivity contribution in [3.8, 4) is 0 Å². The number of carbonyl (C=O) groups is 1. The Labute approximate surface area is 154 Å². The number of hydrogen-bond acceptors (Lipinski definition) is 6. The van der Waals surface area contributed by atoms with Gasteiger partial charge in [-0.2, -0.15) is 0 Å². The number of nitrogens with zero attached hydrogens (tertiary/aromatic N) is 4. The third-order valence-corrected chi connectivity index (χ3v) is 5.68. The first-order chi connectivity index (χ1) is 12.7. The number of hydrogen-bond donors (Lipinski definition) is 0. The highest BCUT2D eigenvalue weighted by Crippen LogP contribution is 2.29. The molecule has 0 N–H and O–H groups in total. The molecule has 0 aliphatic carbocycles. The van der Waals surface area contributed by atoms with Crippen LogP contribution in [-0.2, 0) is 27.2 Å². The standard InChI is InChI=1S/C19H28N4O3/c1-22-7-2-5-17(22)19-20-10-14-11-23(8-6-16(14)21-19)18(24)13-25-12-15-4-3-9-26-15/h10,15,17H,2-9,11-13H2,1H3/t15-,17+/m0/s1. The molecule has 26 heavy (non-hydrogen) atoms. The van der Waals surface area contributed by atoms with E-state index >= 15 is 0 Å². The first-order valence-corrected chi connectivity index (χ1v) is 9.73. The number of rotatable bonds is 5. The van der Waals surface area contributed by atoms with Crippen LogP contribution in [0.15, 0.2) is 6.20 Å². The van der Waals surface area contributed by atoms with E-state index in [-0.39, 0.29) is 18.6 Å². The van der Waals surface area contributed by atoms with Crippen LogP contribution < -0.4 is 0 Å². The highest BCUT2D eigenvalue weighted by atomic mass is 16.5. The zero-order chi connectivity index (χ0) is 17.9. The van der Waals surface area contributed by atoms with E-state index in [1.807, 2.05) is 11.1 Å². The van der Waals surface area contributed by atoms with Gasteiger partial charge < -0.3 is 14.4 Å². The van der Waals surface area contributed by atoms with Gasteiger partial charge in [0.2, 0.25) is 5.91 Å². The van der Waals surface area contributed by atoms with E-state index in [9.17, 15) is 4.79 Å². The number of carbonyl (C=O) groups excluding carboxylic acids is 1. The molecule has 0 unspecified atom stereocenters. The van der Waals surface area contributed by atoms with Crippen LogP contribution in [0.2, 0.25) is 0 Å². The molecule has 0 saturated carbocycles. The predicted molar refractivity (Wildman–Crippen MR) is 95.6 cm³/mol. The Hall–Kier alpha value is -1.57. The quantitative estimate of drug-likeness (QED) is 0.789. The Kier molecular flexibility index (Phi) is 5.47. The summed E-state index contributed by atoms with van der Waals surface area (Å²) in [7, 11) is 2.14. The summed E-state index contributed by atoms with van der Waals surface area (Å²) < 4.78 is 11.1. The maximum atomic E-state index is 12.4. The van der Waals surface area contributed by atoms with Crippen LogP contribution in [0.3, 0.4) is 0 Å². The molecule has 142 valence electrons. The molecule has 1 aromatic rings. The lowest BCUT2D eigenvalue weighted by Crippen LogP contribution is -2.39. The molecule has 1 aromatic heterocycles. The Balaban J connectivity index is 1.31. The van der Waals surface area contributed by atoms with Crippen LogP contribution in [0.25, 0.3) is 0 Å². The zero-order valence-electron chi connectivity index (χ0n) is 15.5. The van der Waals surface area contributed by atoms with Gasteiger partial charge in [-0.15, -0.1) is 0 Å². The minimum atomic E-state index is 0.0354. The molecule has 4 rings (SSSR count). The van der Waals surface area contributed by atoms with Crippen molar-refractivity contribution < 1.29 is 14.3 Å². The summed E-state index contributed by atoms with van der Waals surface area (Å²) in [5, 5.41) is 0. The molecule has 0 bridgehead atoms. The number of fused-ring (bicyclic) bond motifs is 1. The number of likely N-dealkylation sites (tertiary alicyclic amines) is 1. The van der Waals surface area contributed by atoms with Crippen LogP contribution in [0.1, 0.15) is 48.8 Å². The first kappa shape index (κ1) is 17.8. The lowest BCUT2D eigenvalue weighted by atomic mass is 10.1. The molecule has 2 fully saturated rings. The van der Waals surface area contributed by atoms with Crippen LogP contribution in [-0.4, -0.2) is 71.7 Å². The van der Waals surface area contributed by atoms with Crippen molar-refractivity contribution in [1.29, 1.82) is 0 Å². The minimum Gasteiger partial charge on any atom is -0.376 e. The normalized spacial score (nSPS) is 26.3. The SMILES string of the molecule is CN1CCC[C@@H]1c1ncc2c(n1)CCN(C(=O)COC[C@@H]1CCCO1)C2. The maximum absolute atomic E-state index is 12.4. The fraction of sp³-hybridized carbons (Fsp3) is 0.737. The molecule has 2 saturated heterocycles. The fourth-order valence-corrected chi connectivity index (χ4v) is 4.09. The summed E-state index contributed by atoms with van der Waals surface area (Å²) in [4.78, 5) is 26.0. The van der Waals surface area contributed by atoms with Crippen LogP contribution in [0, 0.1) is 0 Å². The van der Waals surface area contributed by atoms with Crippen molar-refractivity contribution in [2.75, 3.05) is 40.0 Å². The molecular formula is C19H28N4O3. The molecule has 0 radical (unpaired) electrons. The summed E-state index contributed by atoms with van der Waals surface area (Å²) in [5.74, 6) is 0.969. The molecular weight excluding hydrogens is 332 g/mol. The minimum absolute atomic E-state index is 0.0354. The Morgan fingerprint density at radius 1 is 1.35 bits per heavy atom. The Morgan fingerprint density at radius 3 is 3.04 bits per heavy atom. The second kappa shape index (κ2) is 7.98. The smallest absolute Gasteiger partial charge is 0.248 e. The second-order valence-corrected chi connectivity index (χ2v) is 7.55. The molecule has 7 heteroatoms. The predicted octanol–water partition coefficient (Wildman–Crippen LogP) is 1.32. The topological polar surface area (TPSA) is 67.8 Å². The molecule has 0 aromatic carbocycles. The largest absolute Gasteiger partial charge is 0.376 e.